The van der Waals surface area contributed by atoms with Crippen molar-refractivity contribution in [3.8, 4) is 17.4 Å². The van der Waals surface area contributed by atoms with E-state index in [1.54, 1.807) is 7.11 Å². The second-order valence-corrected chi connectivity index (χ2v) is 4.83. The minimum atomic E-state index is -1.05. The van der Waals surface area contributed by atoms with Crippen molar-refractivity contribution >= 4 is 5.97 Å². The van der Waals surface area contributed by atoms with Crippen LogP contribution in [0.25, 0.3) is 5.95 Å². The Balaban J connectivity index is 1.64. The van der Waals surface area contributed by atoms with Crippen molar-refractivity contribution in [1.29, 1.82) is 0 Å². The first-order chi connectivity index (χ1) is 11.7. The van der Waals surface area contributed by atoms with Gasteiger partial charge in [-0.15, -0.1) is 0 Å². The lowest BCUT2D eigenvalue weighted by atomic mass is 10.2. The number of carbonyl (C=O) groups is 1. The molecular formula is C16H14N4O4. The molecule has 1 N–H and O–H groups in total. The van der Waals surface area contributed by atoms with Crippen LogP contribution in [0.5, 0.6) is 11.5 Å². The second kappa shape index (κ2) is 6.78. The van der Waals surface area contributed by atoms with Crippen molar-refractivity contribution in [3.63, 3.8) is 0 Å². The highest BCUT2D eigenvalue weighted by Gasteiger charge is 2.09. The zero-order chi connectivity index (χ0) is 16.9. The fraction of sp³-hybridized carbons (Fsp3) is 0.125. The molecule has 0 atom stereocenters. The van der Waals surface area contributed by atoms with E-state index in [-0.39, 0.29) is 11.5 Å². The average Bonchev–Trinajstić information content (AvgIpc) is 3.11. The number of methoxy groups -OCH3 is 1. The molecule has 2 heterocycles. The van der Waals surface area contributed by atoms with Gasteiger partial charge in [-0.3, -0.25) is 0 Å². The van der Waals surface area contributed by atoms with Crippen molar-refractivity contribution in [2.45, 2.75) is 6.61 Å². The van der Waals surface area contributed by atoms with E-state index in [1.165, 1.54) is 29.5 Å². The van der Waals surface area contributed by atoms with Gasteiger partial charge in [-0.05, 0) is 17.7 Å². The highest BCUT2D eigenvalue weighted by molar-refractivity contribution is 5.86. The summed E-state index contributed by atoms with van der Waals surface area (Å²) in [6.45, 7) is 0.373. The third kappa shape index (κ3) is 3.49. The third-order valence-electron chi connectivity index (χ3n) is 3.21. The summed E-state index contributed by atoms with van der Waals surface area (Å²) in [5, 5.41) is 12.8. The normalized spacial score (nSPS) is 10.4. The standard InChI is InChI=1S/C16H14N4O4/c1-23-13-4-2-11(3-5-13)10-24-14-7-17-16(18-8-14)20-9-12(6-19-20)15(21)22/h2-9H,10H2,1H3,(H,21,22). The van der Waals surface area contributed by atoms with Crippen molar-refractivity contribution < 1.29 is 19.4 Å². The van der Waals surface area contributed by atoms with Gasteiger partial charge in [0.1, 0.15) is 12.4 Å². The van der Waals surface area contributed by atoms with Crippen molar-refractivity contribution in [1.82, 2.24) is 19.7 Å². The third-order valence-corrected chi connectivity index (χ3v) is 3.21. The molecule has 0 fully saturated rings. The van der Waals surface area contributed by atoms with Crippen LogP contribution in [0.4, 0.5) is 0 Å². The summed E-state index contributed by atoms with van der Waals surface area (Å²) in [5.41, 5.74) is 1.05. The fourth-order valence-electron chi connectivity index (χ4n) is 1.93. The Morgan fingerprint density at radius 2 is 1.83 bits per heavy atom. The van der Waals surface area contributed by atoms with Crippen LogP contribution in [0.1, 0.15) is 15.9 Å². The Bertz CT molecular complexity index is 828. The Kier molecular flexibility index (Phi) is 4.37. The molecule has 0 bridgehead atoms. The Morgan fingerprint density at radius 1 is 1.12 bits per heavy atom. The number of hydrogen-bond acceptors (Lipinski definition) is 6. The van der Waals surface area contributed by atoms with E-state index in [1.807, 2.05) is 24.3 Å². The minimum absolute atomic E-state index is 0.0680. The molecule has 0 unspecified atom stereocenters. The molecule has 0 spiro atoms. The molecule has 8 heteroatoms. The number of carboxylic acids is 1. The first-order valence-corrected chi connectivity index (χ1v) is 7.02. The summed E-state index contributed by atoms with van der Waals surface area (Å²) in [7, 11) is 1.61. The van der Waals surface area contributed by atoms with Gasteiger partial charge in [0.2, 0.25) is 0 Å². The zero-order valence-electron chi connectivity index (χ0n) is 12.8. The zero-order valence-corrected chi connectivity index (χ0v) is 12.8. The first kappa shape index (κ1) is 15.5. The molecule has 24 heavy (non-hydrogen) atoms. The number of hydrogen-bond donors (Lipinski definition) is 1. The average molecular weight is 326 g/mol. The highest BCUT2D eigenvalue weighted by atomic mass is 16.5. The lowest BCUT2D eigenvalue weighted by molar-refractivity contribution is 0.0697. The molecular weight excluding hydrogens is 312 g/mol. The van der Waals surface area contributed by atoms with Crippen LogP contribution in [0, 0.1) is 0 Å². The summed E-state index contributed by atoms with van der Waals surface area (Å²) in [4.78, 5) is 19.1. The van der Waals surface area contributed by atoms with Gasteiger partial charge in [0.05, 0.1) is 31.3 Å². The van der Waals surface area contributed by atoms with Crippen molar-refractivity contribution in [3.05, 3.63) is 60.2 Å². The predicted octanol–water partition coefficient (Wildman–Crippen LogP) is 1.95. The minimum Gasteiger partial charge on any atom is -0.497 e. The maximum atomic E-state index is 10.8. The Labute approximate surface area is 137 Å². The lowest BCUT2D eigenvalue weighted by Gasteiger charge is -2.07. The maximum Gasteiger partial charge on any atom is 0.338 e. The number of ether oxygens (including phenoxy) is 2. The van der Waals surface area contributed by atoms with Crippen LogP contribution in [0.3, 0.4) is 0 Å². The number of rotatable bonds is 6. The molecule has 0 aliphatic rings. The van der Waals surface area contributed by atoms with Crippen LogP contribution < -0.4 is 9.47 Å². The molecule has 3 aromatic rings. The molecule has 8 nitrogen and oxygen atoms in total. The van der Waals surface area contributed by atoms with E-state index in [0.29, 0.717) is 12.4 Å². The number of aromatic carboxylic acids is 1. The first-order valence-electron chi connectivity index (χ1n) is 7.02. The molecule has 2 aromatic heterocycles. The second-order valence-electron chi connectivity index (χ2n) is 4.83. The van der Waals surface area contributed by atoms with Gasteiger partial charge in [-0.1, -0.05) is 12.1 Å². The van der Waals surface area contributed by atoms with Gasteiger partial charge in [-0.25, -0.2) is 19.4 Å². The van der Waals surface area contributed by atoms with Crippen LogP contribution in [0.15, 0.2) is 49.1 Å². The van der Waals surface area contributed by atoms with Gasteiger partial charge in [-0.2, -0.15) is 5.10 Å². The van der Waals surface area contributed by atoms with Crippen molar-refractivity contribution in [2.75, 3.05) is 7.11 Å². The van der Waals surface area contributed by atoms with Crippen LogP contribution in [-0.4, -0.2) is 37.9 Å². The maximum absolute atomic E-state index is 10.8. The Hall–Kier alpha value is -3.42. The van der Waals surface area contributed by atoms with Gasteiger partial charge in [0.15, 0.2) is 5.75 Å². The van der Waals surface area contributed by atoms with E-state index in [9.17, 15) is 4.79 Å². The van der Waals surface area contributed by atoms with Gasteiger partial charge < -0.3 is 14.6 Å². The molecule has 1 aromatic carbocycles. The van der Waals surface area contributed by atoms with Crippen molar-refractivity contribution in [2.24, 2.45) is 0 Å². The molecule has 3 rings (SSSR count). The van der Waals surface area contributed by atoms with E-state index in [0.717, 1.165) is 11.3 Å². The Morgan fingerprint density at radius 3 is 2.42 bits per heavy atom. The molecule has 0 radical (unpaired) electrons. The van der Waals surface area contributed by atoms with E-state index >= 15 is 0 Å². The smallest absolute Gasteiger partial charge is 0.338 e. The summed E-state index contributed by atoms with van der Waals surface area (Å²) in [6, 6.07) is 7.53. The largest absolute Gasteiger partial charge is 0.497 e. The fourth-order valence-corrected chi connectivity index (χ4v) is 1.93. The molecule has 0 saturated heterocycles. The van der Waals surface area contributed by atoms with Crippen LogP contribution in [0.2, 0.25) is 0 Å². The van der Waals surface area contributed by atoms with E-state index in [2.05, 4.69) is 15.1 Å². The summed E-state index contributed by atoms with van der Waals surface area (Å²) >= 11 is 0. The summed E-state index contributed by atoms with van der Waals surface area (Å²) < 4.78 is 12.0. The van der Waals surface area contributed by atoms with Crippen LogP contribution in [-0.2, 0) is 6.61 Å². The molecule has 122 valence electrons. The summed E-state index contributed by atoms with van der Waals surface area (Å²) in [5.74, 6) is 0.492. The number of carboxylic acid groups (broad SMARTS) is 1. The van der Waals surface area contributed by atoms with Gasteiger partial charge in [0.25, 0.3) is 5.95 Å². The summed E-state index contributed by atoms with van der Waals surface area (Å²) in [6.07, 6.45) is 5.59. The quantitative estimate of drug-likeness (QED) is 0.739. The predicted molar refractivity (Wildman–Crippen MR) is 83.4 cm³/mol. The topological polar surface area (TPSA) is 99.4 Å². The van der Waals surface area contributed by atoms with Gasteiger partial charge in [0, 0.05) is 6.20 Å². The number of aromatic nitrogens is 4. The van der Waals surface area contributed by atoms with E-state index in [4.69, 9.17) is 14.6 Å². The highest BCUT2D eigenvalue weighted by Crippen LogP contribution is 2.14. The molecule has 0 saturated carbocycles. The SMILES string of the molecule is COc1ccc(COc2cnc(-n3cc(C(=O)O)cn3)nc2)cc1. The van der Waals surface area contributed by atoms with Gasteiger partial charge >= 0.3 is 5.97 Å². The number of nitrogens with zero attached hydrogens (tertiary/aromatic N) is 4. The molecule has 0 aliphatic carbocycles. The lowest BCUT2D eigenvalue weighted by Crippen LogP contribution is -2.03. The number of benzene rings is 1. The molecule has 0 aliphatic heterocycles. The molecule has 0 amide bonds. The van der Waals surface area contributed by atoms with Crippen LogP contribution >= 0.6 is 0 Å². The monoisotopic (exact) mass is 326 g/mol. The van der Waals surface area contributed by atoms with E-state index < -0.39 is 5.97 Å².